The average molecular weight is 369 g/mol. The number of hydrogen-bond donors (Lipinski definition) is 2. The van der Waals surface area contributed by atoms with E-state index in [0.717, 1.165) is 22.2 Å². The van der Waals surface area contributed by atoms with Crippen LogP contribution in [0, 0.1) is 18.6 Å². The summed E-state index contributed by atoms with van der Waals surface area (Å²) in [5.74, 6) is -3.75. The summed E-state index contributed by atoms with van der Waals surface area (Å²) >= 11 is 3.31. The van der Waals surface area contributed by atoms with E-state index in [9.17, 15) is 18.4 Å². The van der Waals surface area contributed by atoms with Crippen molar-refractivity contribution < 1.29 is 18.4 Å². The SMILES string of the molecule is Cc1ccc(NC(=O)C(=O)Nc2ccc(F)cc2F)cc1Br. The maximum Gasteiger partial charge on any atom is 0.314 e. The van der Waals surface area contributed by atoms with Crippen LogP contribution in [0.4, 0.5) is 20.2 Å². The first-order valence-corrected chi connectivity index (χ1v) is 6.99. The lowest BCUT2D eigenvalue weighted by Crippen LogP contribution is -2.29. The normalized spacial score (nSPS) is 10.2. The molecule has 4 nitrogen and oxygen atoms in total. The van der Waals surface area contributed by atoms with Crippen LogP contribution in [0.15, 0.2) is 40.9 Å². The molecule has 0 spiro atoms. The molecule has 0 fully saturated rings. The van der Waals surface area contributed by atoms with E-state index < -0.39 is 23.4 Å². The number of carbonyl (C=O) groups is 2. The maximum atomic E-state index is 13.4. The summed E-state index contributed by atoms with van der Waals surface area (Å²) in [6, 6.07) is 7.66. The molecule has 0 radical (unpaired) electrons. The van der Waals surface area contributed by atoms with E-state index in [4.69, 9.17) is 0 Å². The number of nitrogens with one attached hydrogen (secondary N) is 2. The van der Waals surface area contributed by atoms with Gasteiger partial charge in [-0.05, 0) is 36.8 Å². The van der Waals surface area contributed by atoms with Crippen LogP contribution in [0.1, 0.15) is 5.56 Å². The first-order valence-electron chi connectivity index (χ1n) is 6.20. The summed E-state index contributed by atoms with van der Waals surface area (Å²) in [7, 11) is 0. The van der Waals surface area contributed by atoms with E-state index >= 15 is 0 Å². The standard InChI is InChI=1S/C15H11BrF2N2O2/c1-8-2-4-10(7-11(8)16)19-14(21)15(22)20-13-5-3-9(17)6-12(13)18/h2-7H,1H3,(H,19,21)(H,20,22). The number of carbonyl (C=O) groups excluding carboxylic acids is 2. The number of benzene rings is 2. The molecule has 0 bridgehead atoms. The molecule has 0 aliphatic rings. The Morgan fingerprint density at radius 3 is 2.32 bits per heavy atom. The maximum absolute atomic E-state index is 13.4. The first kappa shape index (κ1) is 16.1. The van der Waals surface area contributed by atoms with Crippen LogP contribution in [0.3, 0.4) is 0 Å². The zero-order valence-corrected chi connectivity index (χ0v) is 13.0. The Morgan fingerprint density at radius 1 is 1.00 bits per heavy atom. The zero-order chi connectivity index (χ0) is 16.3. The molecule has 0 heterocycles. The molecule has 2 rings (SSSR count). The molecule has 0 atom stereocenters. The van der Waals surface area contributed by atoms with Gasteiger partial charge >= 0.3 is 11.8 Å². The lowest BCUT2D eigenvalue weighted by atomic mass is 10.2. The topological polar surface area (TPSA) is 58.2 Å². The molecule has 2 amide bonds. The summed E-state index contributed by atoms with van der Waals surface area (Å²) in [5.41, 5.74) is 1.11. The second kappa shape index (κ2) is 6.65. The average Bonchev–Trinajstić information content (AvgIpc) is 2.45. The molecule has 22 heavy (non-hydrogen) atoms. The predicted octanol–water partition coefficient (Wildman–Crippen LogP) is 3.61. The molecule has 2 aromatic rings. The van der Waals surface area contributed by atoms with E-state index in [1.807, 2.05) is 6.92 Å². The van der Waals surface area contributed by atoms with Crippen molar-refractivity contribution in [3.05, 3.63) is 58.1 Å². The van der Waals surface area contributed by atoms with Crippen molar-refractivity contribution in [3.8, 4) is 0 Å². The monoisotopic (exact) mass is 368 g/mol. The second-order valence-electron chi connectivity index (χ2n) is 4.50. The number of anilines is 2. The summed E-state index contributed by atoms with van der Waals surface area (Å²) in [6.45, 7) is 1.87. The van der Waals surface area contributed by atoms with Gasteiger partial charge in [0.25, 0.3) is 0 Å². The molecular formula is C15H11BrF2N2O2. The largest absolute Gasteiger partial charge is 0.318 e. The highest BCUT2D eigenvalue weighted by atomic mass is 79.9. The molecule has 2 N–H and O–H groups in total. The fourth-order valence-electron chi connectivity index (χ4n) is 1.63. The molecule has 0 aliphatic heterocycles. The van der Waals surface area contributed by atoms with Gasteiger partial charge in [-0.1, -0.05) is 22.0 Å². The highest BCUT2D eigenvalue weighted by molar-refractivity contribution is 9.10. The number of rotatable bonds is 2. The number of hydrogen-bond acceptors (Lipinski definition) is 2. The van der Waals surface area contributed by atoms with E-state index in [1.54, 1.807) is 18.2 Å². The van der Waals surface area contributed by atoms with Crippen molar-refractivity contribution in [2.45, 2.75) is 6.92 Å². The van der Waals surface area contributed by atoms with Gasteiger partial charge in [-0.15, -0.1) is 0 Å². The van der Waals surface area contributed by atoms with E-state index in [-0.39, 0.29) is 5.69 Å². The van der Waals surface area contributed by atoms with Gasteiger partial charge in [-0.25, -0.2) is 8.78 Å². The van der Waals surface area contributed by atoms with Gasteiger partial charge in [-0.2, -0.15) is 0 Å². The van der Waals surface area contributed by atoms with Gasteiger partial charge in [0.15, 0.2) is 0 Å². The van der Waals surface area contributed by atoms with Gasteiger partial charge < -0.3 is 10.6 Å². The third kappa shape index (κ3) is 3.88. The summed E-state index contributed by atoms with van der Waals surface area (Å²) in [6.07, 6.45) is 0. The third-order valence-corrected chi connectivity index (χ3v) is 3.67. The highest BCUT2D eigenvalue weighted by Gasteiger charge is 2.16. The van der Waals surface area contributed by atoms with Gasteiger partial charge in [0, 0.05) is 16.2 Å². The number of aryl methyl sites for hydroxylation is 1. The number of halogens is 3. The molecule has 114 valence electrons. The first-order chi connectivity index (χ1) is 10.4. The van der Waals surface area contributed by atoms with Gasteiger partial charge in [0.2, 0.25) is 0 Å². The van der Waals surface area contributed by atoms with Crippen LogP contribution < -0.4 is 10.6 Å². The van der Waals surface area contributed by atoms with Gasteiger partial charge in [0.05, 0.1) is 5.69 Å². The van der Waals surface area contributed by atoms with Crippen LogP contribution in [-0.2, 0) is 9.59 Å². The lowest BCUT2D eigenvalue weighted by Gasteiger charge is -2.08. The Bertz CT molecular complexity index is 750. The van der Waals surface area contributed by atoms with Crippen molar-refractivity contribution in [1.29, 1.82) is 0 Å². The molecule has 0 saturated heterocycles. The molecule has 2 aromatic carbocycles. The van der Waals surface area contributed by atoms with Crippen LogP contribution in [0.2, 0.25) is 0 Å². The van der Waals surface area contributed by atoms with Crippen molar-refractivity contribution in [2.24, 2.45) is 0 Å². The van der Waals surface area contributed by atoms with Crippen LogP contribution in [-0.4, -0.2) is 11.8 Å². The van der Waals surface area contributed by atoms with Crippen molar-refractivity contribution in [1.82, 2.24) is 0 Å². The Hall–Kier alpha value is -2.28. The smallest absolute Gasteiger partial charge is 0.314 e. The quantitative estimate of drug-likeness (QED) is 0.795. The molecule has 7 heteroatoms. The fraction of sp³-hybridized carbons (Fsp3) is 0.0667. The zero-order valence-electron chi connectivity index (χ0n) is 11.4. The molecule has 0 saturated carbocycles. The Labute approximate surface area is 133 Å². The van der Waals surface area contributed by atoms with E-state index in [1.165, 1.54) is 0 Å². The van der Waals surface area contributed by atoms with Gasteiger partial charge in [-0.3, -0.25) is 9.59 Å². The minimum absolute atomic E-state index is 0.272. The Morgan fingerprint density at radius 2 is 1.68 bits per heavy atom. The fourth-order valence-corrected chi connectivity index (χ4v) is 2.01. The molecular weight excluding hydrogens is 358 g/mol. The summed E-state index contributed by atoms with van der Waals surface area (Å²) in [5, 5.41) is 4.46. The van der Waals surface area contributed by atoms with Crippen molar-refractivity contribution in [3.63, 3.8) is 0 Å². The third-order valence-electron chi connectivity index (χ3n) is 2.82. The van der Waals surface area contributed by atoms with E-state index in [2.05, 4.69) is 26.6 Å². The van der Waals surface area contributed by atoms with Crippen LogP contribution in [0.25, 0.3) is 0 Å². The Kier molecular flexibility index (Phi) is 4.87. The van der Waals surface area contributed by atoms with Crippen molar-refractivity contribution in [2.75, 3.05) is 10.6 Å². The second-order valence-corrected chi connectivity index (χ2v) is 5.35. The lowest BCUT2D eigenvalue weighted by molar-refractivity contribution is -0.133. The molecule has 0 aromatic heterocycles. The highest BCUT2D eigenvalue weighted by Crippen LogP contribution is 2.20. The van der Waals surface area contributed by atoms with Gasteiger partial charge in [0.1, 0.15) is 11.6 Å². The Balaban J connectivity index is 2.05. The molecule has 0 unspecified atom stereocenters. The predicted molar refractivity (Wildman–Crippen MR) is 82.5 cm³/mol. The minimum Gasteiger partial charge on any atom is -0.318 e. The summed E-state index contributed by atoms with van der Waals surface area (Å²) in [4.78, 5) is 23.5. The van der Waals surface area contributed by atoms with Crippen molar-refractivity contribution >= 4 is 39.1 Å². The minimum atomic E-state index is -1.05. The van der Waals surface area contributed by atoms with Crippen LogP contribution in [0.5, 0.6) is 0 Å². The molecule has 0 aliphatic carbocycles. The van der Waals surface area contributed by atoms with Crippen LogP contribution >= 0.6 is 15.9 Å². The summed E-state index contributed by atoms with van der Waals surface area (Å²) < 4.78 is 26.9. The van der Waals surface area contributed by atoms with E-state index in [0.29, 0.717) is 11.8 Å². The number of amides is 2.